The lowest BCUT2D eigenvalue weighted by Gasteiger charge is -2.12. The molecule has 0 radical (unpaired) electrons. The molecule has 1 unspecified atom stereocenters. The maximum absolute atomic E-state index is 6.14. The number of nitrogens with one attached hydrogen (secondary N) is 2. The normalized spacial score (nSPS) is 12.0. The Morgan fingerprint density at radius 1 is 1.27 bits per heavy atom. The molecule has 1 heterocycles. The minimum Gasteiger partial charge on any atom is -0.366 e. The van der Waals surface area contributed by atoms with Gasteiger partial charge in [-0.05, 0) is 37.5 Å². The number of rotatable bonds is 7. The fourth-order valence-corrected chi connectivity index (χ4v) is 2.34. The number of nitrogens with zero attached hydrogens (tertiary/aromatic N) is 3. The summed E-state index contributed by atoms with van der Waals surface area (Å²) in [7, 11) is 0. The summed E-state index contributed by atoms with van der Waals surface area (Å²) in [5.74, 6) is 1.22. The SMILES string of the molecule is CCC(C)Nc1cnnc(NCCc2ccc(Cl)cc2Cl)n1. The predicted molar refractivity (Wildman–Crippen MR) is 91.9 cm³/mol. The van der Waals surface area contributed by atoms with E-state index in [0.29, 0.717) is 28.6 Å². The van der Waals surface area contributed by atoms with Gasteiger partial charge in [0.25, 0.3) is 0 Å². The van der Waals surface area contributed by atoms with E-state index in [1.165, 1.54) is 0 Å². The highest BCUT2D eigenvalue weighted by atomic mass is 35.5. The van der Waals surface area contributed by atoms with Crippen LogP contribution in [0, 0.1) is 0 Å². The van der Waals surface area contributed by atoms with Gasteiger partial charge in [0, 0.05) is 22.6 Å². The third-order valence-corrected chi connectivity index (χ3v) is 3.84. The van der Waals surface area contributed by atoms with E-state index >= 15 is 0 Å². The number of hydrogen-bond donors (Lipinski definition) is 2. The number of hydrogen-bond acceptors (Lipinski definition) is 5. The highest BCUT2D eigenvalue weighted by Gasteiger charge is 2.05. The van der Waals surface area contributed by atoms with Crippen LogP contribution in [-0.2, 0) is 6.42 Å². The molecule has 0 aliphatic heterocycles. The van der Waals surface area contributed by atoms with Crippen LogP contribution in [0.1, 0.15) is 25.8 Å². The third kappa shape index (κ3) is 5.00. The number of aromatic nitrogens is 3. The monoisotopic (exact) mass is 339 g/mol. The average molecular weight is 340 g/mol. The predicted octanol–water partition coefficient (Wildman–Crippen LogP) is 4.04. The molecule has 2 N–H and O–H groups in total. The van der Waals surface area contributed by atoms with Gasteiger partial charge in [-0.1, -0.05) is 36.2 Å². The van der Waals surface area contributed by atoms with Crippen LogP contribution in [0.4, 0.5) is 11.8 Å². The van der Waals surface area contributed by atoms with Crippen molar-refractivity contribution in [1.29, 1.82) is 0 Å². The van der Waals surface area contributed by atoms with Crippen molar-refractivity contribution in [3.05, 3.63) is 40.0 Å². The molecule has 0 amide bonds. The van der Waals surface area contributed by atoms with Crippen molar-refractivity contribution in [1.82, 2.24) is 15.2 Å². The number of anilines is 2. The summed E-state index contributed by atoms with van der Waals surface area (Å²) < 4.78 is 0. The van der Waals surface area contributed by atoms with Crippen LogP contribution >= 0.6 is 23.2 Å². The van der Waals surface area contributed by atoms with Gasteiger partial charge in [-0.2, -0.15) is 10.1 Å². The van der Waals surface area contributed by atoms with E-state index in [2.05, 4.69) is 39.7 Å². The molecule has 0 aliphatic rings. The molecule has 22 heavy (non-hydrogen) atoms. The minimum atomic E-state index is 0.345. The van der Waals surface area contributed by atoms with E-state index in [4.69, 9.17) is 23.2 Å². The van der Waals surface area contributed by atoms with E-state index < -0.39 is 0 Å². The van der Waals surface area contributed by atoms with E-state index in [1.807, 2.05) is 12.1 Å². The number of benzene rings is 1. The third-order valence-electron chi connectivity index (χ3n) is 3.26. The van der Waals surface area contributed by atoms with Crippen LogP contribution < -0.4 is 10.6 Å². The van der Waals surface area contributed by atoms with Crippen LogP contribution in [0.15, 0.2) is 24.4 Å². The molecule has 1 aromatic heterocycles. The summed E-state index contributed by atoms with van der Waals surface area (Å²) in [5.41, 5.74) is 1.03. The molecule has 0 saturated heterocycles. The van der Waals surface area contributed by atoms with E-state index in [9.17, 15) is 0 Å². The zero-order chi connectivity index (χ0) is 15.9. The van der Waals surface area contributed by atoms with Crippen molar-refractivity contribution in [3.8, 4) is 0 Å². The Balaban J connectivity index is 1.90. The molecule has 0 bridgehead atoms. The van der Waals surface area contributed by atoms with Crippen LogP contribution in [-0.4, -0.2) is 27.8 Å². The van der Waals surface area contributed by atoms with Gasteiger partial charge in [0.15, 0.2) is 5.82 Å². The Labute approximate surface area is 140 Å². The summed E-state index contributed by atoms with van der Waals surface area (Å²) >= 11 is 12.0. The van der Waals surface area contributed by atoms with Gasteiger partial charge in [0.2, 0.25) is 5.95 Å². The highest BCUT2D eigenvalue weighted by molar-refractivity contribution is 6.35. The van der Waals surface area contributed by atoms with Crippen molar-refractivity contribution in [3.63, 3.8) is 0 Å². The first kappa shape index (κ1) is 16.8. The van der Waals surface area contributed by atoms with Crippen LogP contribution in [0.25, 0.3) is 0 Å². The lowest BCUT2D eigenvalue weighted by molar-refractivity contribution is 0.755. The van der Waals surface area contributed by atoms with Gasteiger partial charge in [-0.3, -0.25) is 0 Å². The first-order valence-corrected chi connectivity index (χ1v) is 7.98. The zero-order valence-electron chi connectivity index (χ0n) is 12.6. The molecule has 2 rings (SSSR count). The second-order valence-corrected chi connectivity index (χ2v) is 5.87. The van der Waals surface area contributed by atoms with E-state index in [-0.39, 0.29) is 0 Å². The second kappa shape index (κ2) is 8.15. The Hall–Kier alpha value is -1.59. The van der Waals surface area contributed by atoms with Crippen molar-refractivity contribution >= 4 is 35.0 Å². The molecule has 0 saturated carbocycles. The molecular weight excluding hydrogens is 321 g/mol. The fourth-order valence-electron chi connectivity index (χ4n) is 1.84. The Morgan fingerprint density at radius 2 is 2.09 bits per heavy atom. The fraction of sp³-hybridized carbons (Fsp3) is 0.400. The molecule has 118 valence electrons. The smallest absolute Gasteiger partial charge is 0.244 e. The molecule has 0 aliphatic carbocycles. The van der Waals surface area contributed by atoms with Gasteiger partial charge >= 0.3 is 0 Å². The molecule has 1 atom stereocenters. The van der Waals surface area contributed by atoms with E-state index in [1.54, 1.807) is 12.3 Å². The molecule has 5 nitrogen and oxygen atoms in total. The van der Waals surface area contributed by atoms with Gasteiger partial charge in [0.05, 0.1) is 6.20 Å². The Kier molecular flexibility index (Phi) is 6.21. The van der Waals surface area contributed by atoms with Crippen molar-refractivity contribution < 1.29 is 0 Å². The van der Waals surface area contributed by atoms with Crippen LogP contribution in [0.2, 0.25) is 10.0 Å². The van der Waals surface area contributed by atoms with Crippen LogP contribution in [0.5, 0.6) is 0 Å². The maximum atomic E-state index is 6.14. The molecule has 7 heteroatoms. The number of halogens is 2. The van der Waals surface area contributed by atoms with Gasteiger partial charge in [0.1, 0.15) is 0 Å². The van der Waals surface area contributed by atoms with Crippen molar-refractivity contribution in [2.45, 2.75) is 32.7 Å². The van der Waals surface area contributed by atoms with Crippen molar-refractivity contribution in [2.24, 2.45) is 0 Å². The first-order valence-electron chi connectivity index (χ1n) is 7.22. The molecule has 0 spiro atoms. The second-order valence-electron chi connectivity index (χ2n) is 5.03. The van der Waals surface area contributed by atoms with Crippen molar-refractivity contribution in [2.75, 3.05) is 17.2 Å². The first-order chi connectivity index (χ1) is 10.6. The molecular formula is C15H19Cl2N5. The van der Waals surface area contributed by atoms with Crippen LogP contribution in [0.3, 0.4) is 0 Å². The maximum Gasteiger partial charge on any atom is 0.244 e. The highest BCUT2D eigenvalue weighted by Crippen LogP contribution is 2.21. The summed E-state index contributed by atoms with van der Waals surface area (Å²) in [6.07, 6.45) is 3.39. The average Bonchev–Trinajstić information content (AvgIpc) is 2.50. The summed E-state index contributed by atoms with van der Waals surface area (Å²) in [5, 5.41) is 15.6. The summed E-state index contributed by atoms with van der Waals surface area (Å²) in [6.45, 7) is 4.87. The summed E-state index contributed by atoms with van der Waals surface area (Å²) in [6, 6.07) is 5.84. The van der Waals surface area contributed by atoms with E-state index in [0.717, 1.165) is 24.2 Å². The lowest BCUT2D eigenvalue weighted by atomic mass is 10.1. The molecule has 1 aromatic carbocycles. The Morgan fingerprint density at radius 3 is 2.82 bits per heavy atom. The largest absolute Gasteiger partial charge is 0.366 e. The topological polar surface area (TPSA) is 62.7 Å². The lowest BCUT2D eigenvalue weighted by Crippen LogP contribution is -2.16. The van der Waals surface area contributed by atoms with Gasteiger partial charge < -0.3 is 10.6 Å². The summed E-state index contributed by atoms with van der Waals surface area (Å²) in [4.78, 5) is 4.38. The quantitative estimate of drug-likeness (QED) is 0.796. The zero-order valence-corrected chi connectivity index (χ0v) is 14.1. The molecule has 2 aromatic rings. The minimum absolute atomic E-state index is 0.345. The Bertz CT molecular complexity index is 621. The van der Waals surface area contributed by atoms with Gasteiger partial charge in [-0.25, -0.2) is 0 Å². The molecule has 0 fully saturated rings. The standard InChI is InChI=1S/C15H19Cl2N5/c1-3-10(2)20-14-9-19-22-15(21-14)18-7-6-11-4-5-12(16)8-13(11)17/h4-5,8-10H,3,6-7H2,1-2H3,(H2,18,20,21,22). The van der Waals surface area contributed by atoms with Gasteiger partial charge in [-0.15, -0.1) is 5.10 Å².